The van der Waals surface area contributed by atoms with Crippen LogP contribution in [0.15, 0.2) is 65.6 Å². The molecule has 1 amide bonds. The molecule has 0 spiro atoms. The second-order valence-corrected chi connectivity index (χ2v) is 9.02. The number of methoxy groups -OCH3 is 2. The third-order valence-electron chi connectivity index (χ3n) is 5.04. The molecule has 3 aromatic rings. The van der Waals surface area contributed by atoms with E-state index in [0.717, 1.165) is 11.1 Å². The molecule has 0 fully saturated rings. The smallest absolute Gasteiger partial charge is 0.262 e. The van der Waals surface area contributed by atoms with E-state index in [2.05, 4.69) is 10.0 Å². The van der Waals surface area contributed by atoms with Crippen LogP contribution in [0.4, 0.5) is 11.4 Å². The number of carbonyl (C=O) groups excluding carboxylic acids is 1. The van der Waals surface area contributed by atoms with Crippen molar-refractivity contribution in [2.75, 3.05) is 24.3 Å². The summed E-state index contributed by atoms with van der Waals surface area (Å²) in [6.07, 6.45) is 0.234. The van der Waals surface area contributed by atoms with Crippen LogP contribution in [0.25, 0.3) is 0 Å². The molecule has 0 aliphatic rings. The third-order valence-corrected chi connectivity index (χ3v) is 6.42. The maximum atomic E-state index is 12.8. The van der Waals surface area contributed by atoms with Crippen LogP contribution >= 0.6 is 0 Å². The van der Waals surface area contributed by atoms with E-state index in [9.17, 15) is 13.2 Å². The van der Waals surface area contributed by atoms with Gasteiger partial charge in [-0.05, 0) is 66.9 Å². The molecule has 168 valence electrons. The first kappa shape index (κ1) is 23.1. The Hall–Kier alpha value is -3.52. The third kappa shape index (κ3) is 5.59. The van der Waals surface area contributed by atoms with Crippen molar-refractivity contribution >= 4 is 27.3 Å². The molecule has 7 nitrogen and oxygen atoms in total. The van der Waals surface area contributed by atoms with Gasteiger partial charge in [0, 0.05) is 11.8 Å². The Kier molecular flexibility index (Phi) is 7.05. The van der Waals surface area contributed by atoms with Gasteiger partial charge < -0.3 is 14.8 Å². The molecule has 0 aliphatic heterocycles. The highest BCUT2D eigenvalue weighted by Gasteiger charge is 2.17. The summed E-state index contributed by atoms with van der Waals surface area (Å²) in [5.41, 5.74) is 3.99. The summed E-state index contributed by atoms with van der Waals surface area (Å²) in [7, 11) is -0.925. The SMILES string of the molecule is COc1ccc(OC)c(NS(=O)(=O)c2ccc(NC(=O)Cc3ccc(C)c(C)c3)cc2)c1. The maximum absolute atomic E-state index is 12.8. The summed E-state index contributed by atoms with van der Waals surface area (Å²) in [4.78, 5) is 12.4. The predicted molar refractivity (Wildman–Crippen MR) is 125 cm³/mol. The van der Waals surface area contributed by atoms with Crippen LogP contribution in [0.2, 0.25) is 0 Å². The lowest BCUT2D eigenvalue weighted by Gasteiger charge is -2.13. The minimum absolute atomic E-state index is 0.0505. The second-order valence-electron chi connectivity index (χ2n) is 7.34. The van der Waals surface area contributed by atoms with Crippen molar-refractivity contribution < 1.29 is 22.7 Å². The van der Waals surface area contributed by atoms with Gasteiger partial charge in [-0.2, -0.15) is 0 Å². The van der Waals surface area contributed by atoms with Crippen molar-refractivity contribution in [2.45, 2.75) is 25.2 Å². The van der Waals surface area contributed by atoms with Gasteiger partial charge >= 0.3 is 0 Å². The van der Waals surface area contributed by atoms with E-state index in [-0.39, 0.29) is 22.9 Å². The molecule has 0 heterocycles. The Morgan fingerprint density at radius 3 is 2.22 bits per heavy atom. The van der Waals surface area contributed by atoms with Gasteiger partial charge in [-0.25, -0.2) is 8.42 Å². The maximum Gasteiger partial charge on any atom is 0.262 e. The minimum Gasteiger partial charge on any atom is -0.497 e. The molecule has 3 aromatic carbocycles. The molecule has 0 saturated carbocycles. The molecule has 0 unspecified atom stereocenters. The van der Waals surface area contributed by atoms with E-state index < -0.39 is 10.0 Å². The minimum atomic E-state index is -3.87. The Balaban J connectivity index is 1.70. The normalized spacial score (nSPS) is 11.0. The van der Waals surface area contributed by atoms with Crippen molar-refractivity contribution in [2.24, 2.45) is 0 Å². The first-order valence-corrected chi connectivity index (χ1v) is 11.4. The lowest BCUT2D eigenvalue weighted by atomic mass is 10.0. The van der Waals surface area contributed by atoms with Gasteiger partial charge in [-0.1, -0.05) is 18.2 Å². The fourth-order valence-corrected chi connectivity index (χ4v) is 4.18. The molecule has 0 aromatic heterocycles. The van der Waals surface area contributed by atoms with Crippen LogP contribution in [0, 0.1) is 13.8 Å². The first-order chi connectivity index (χ1) is 15.2. The van der Waals surface area contributed by atoms with Gasteiger partial charge in [0.1, 0.15) is 11.5 Å². The van der Waals surface area contributed by atoms with Crippen molar-refractivity contribution in [3.8, 4) is 11.5 Å². The zero-order chi connectivity index (χ0) is 23.3. The first-order valence-electron chi connectivity index (χ1n) is 9.92. The van der Waals surface area contributed by atoms with Crippen molar-refractivity contribution in [1.82, 2.24) is 0 Å². The predicted octanol–water partition coefficient (Wildman–Crippen LogP) is 4.30. The molecule has 0 saturated heterocycles. The fraction of sp³-hybridized carbons (Fsp3) is 0.208. The van der Waals surface area contributed by atoms with Gasteiger partial charge in [0.2, 0.25) is 5.91 Å². The second kappa shape index (κ2) is 9.74. The standard InChI is InChI=1S/C24H26N2O5S/c1-16-5-6-18(13-17(16)2)14-24(27)25-19-7-10-21(11-8-19)32(28,29)26-22-15-20(30-3)9-12-23(22)31-4/h5-13,15,26H,14H2,1-4H3,(H,25,27). The van der Waals surface area contributed by atoms with E-state index in [1.54, 1.807) is 24.3 Å². The number of rotatable bonds is 8. The number of amides is 1. The monoisotopic (exact) mass is 454 g/mol. The zero-order valence-corrected chi connectivity index (χ0v) is 19.2. The number of carbonyl (C=O) groups is 1. The fourth-order valence-electron chi connectivity index (χ4n) is 3.12. The number of ether oxygens (including phenoxy) is 2. The lowest BCUT2D eigenvalue weighted by molar-refractivity contribution is -0.115. The number of aryl methyl sites for hydroxylation is 2. The summed E-state index contributed by atoms with van der Waals surface area (Å²) < 4.78 is 38.5. The largest absolute Gasteiger partial charge is 0.497 e. The molecule has 32 heavy (non-hydrogen) atoms. The molecule has 0 aliphatic carbocycles. The van der Waals surface area contributed by atoms with E-state index >= 15 is 0 Å². The summed E-state index contributed by atoms with van der Waals surface area (Å²) in [5, 5.41) is 2.80. The number of hydrogen-bond acceptors (Lipinski definition) is 5. The molecule has 0 atom stereocenters. The average molecular weight is 455 g/mol. The summed E-state index contributed by atoms with van der Waals surface area (Å²) in [5.74, 6) is 0.679. The van der Waals surface area contributed by atoms with E-state index in [0.29, 0.717) is 17.2 Å². The summed E-state index contributed by atoms with van der Waals surface area (Å²) in [6.45, 7) is 4.03. The van der Waals surface area contributed by atoms with E-state index in [4.69, 9.17) is 9.47 Å². The molecule has 0 bridgehead atoms. The number of hydrogen-bond donors (Lipinski definition) is 2. The van der Waals surface area contributed by atoms with Gasteiger partial charge in [-0.15, -0.1) is 0 Å². The van der Waals surface area contributed by atoms with Crippen LogP contribution in [0.5, 0.6) is 11.5 Å². The van der Waals surface area contributed by atoms with Gasteiger partial charge in [-0.3, -0.25) is 9.52 Å². The van der Waals surface area contributed by atoms with E-state index in [1.807, 2.05) is 32.0 Å². The number of sulfonamides is 1. The molecular weight excluding hydrogens is 428 g/mol. The molecular formula is C24H26N2O5S. The molecule has 2 N–H and O–H groups in total. The quantitative estimate of drug-likeness (QED) is 0.529. The van der Waals surface area contributed by atoms with Gasteiger partial charge in [0.15, 0.2) is 0 Å². The molecule has 3 rings (SSSR count). The number of benzene rings is 3. The van der Waals surface area contributed by atoms with Crippen molar-refractivity contribution in [3.63, 3.8) is 0 Å². The van der Waals surface area contributed by atoms with Crippen LogP contribution in [-0.2, 0) is 21.2 Å². The lowest BCUT2D eigenvalue weighted by Crippen LogP contribution is -2.16. The van der Waals surface area contributed by atoms with Crippen LogP contribution in [0.3, 0.4) is 0 Å². The number of nitrogens with one attached hydrogen (secondary N) is 2. The van der Waals surface area contributed by atoms with Crippen LogP contribution in [0.1, 0.15) is 16.7 Å². The average Bonchev–Trinajstić information content (AvgIpc) is 2.76. The van der Waals surface area contributed by atoms with E-state index in [1.165, 1.54) is 38.0 Å². The Morgan fingerprint density at radius 2 is 1.59 bits per heavy atom. The Morgan fingerprint density at radius 1 is 0.875 bits per heavy atom. The van der Waals surface area contributed by atoms with Gasteiger partial charge in [0.25, 0.3) is 10.0 Å². The summed E-state index contributed by atoms with van der Waals surface area (Å²) >= 11 is 0. The Labute approximate surface area is 188 Å². The Bertz CT molecular complexity index is 1220. The topological polar surface area (TPSA) is 93.7 Å². The van der Waals surface area contributed by atoms with Crippen LogP contribution < -0.4 is 19.5 Å². The van der Waals surface area contributed by atoms with Crippen molar-refractivity contribution in [3.05, 3.63) is 77.4 Å². The highest BCUT2D eigenvalue weighted by Crippen LogP contribution is 2.31. The van der Waals surface area contributed by atoms with Crippen LogP contribution in [-0.4, -0.2) is 28.5 Å². The zero-order valence-electron chi connectivity index (χ0n) is 18.4. The molecule has 8 heteroatoms. The van der Waals surface area contributed by atoms with Crippen molar-refractivity contribution in [1.29, 1.82) is 0 Å². The number of anilines is 2. The highest BCUT2D eigenvalue weighted by molar-refractivity contribution is 7.92. The highest BCUT2D eigenvalue weighted by atomic mass is 32.2. The molecule has 0 radical (unpaired) electrons. The van der Waals surface area contributed by atoms with Gasteiger partial charge in [0.05, 0.1) is 31.2 Å². The summed E-state index contributed by atoms with van der Waals surface area (Å²) in [6, 6.07) is 16.7.